The van der Waals surface area contributed by atoms with E-state index in [9.17, 15) is 9.18 Å². The number of hydrogen-bond acceptors (Lipinski definition) is 6. The lowest BCUT2D eigenvalue weighted by Gasteiger charge is -2.27. The largest absolute Gasteiger partial charge is 0.459 e. The highest BCUT2D eigenvalue weighted by Crippen LogP contribution is 2.48. The van der Waals surface area contributed by atoms with Crippen molar-refractivity contribution in [2.45, 2.75) is 12.3 Å². The standard InChI is InChI=1S/C21H21FN4O3/c1-25-9-8-21(12-25)13-26(20(27)17-3-2-10-28-17)11-16(21)19-23-18(24-29-19)14-4-6-15(22)7-5-14/h2-7,10,16H,8-9,11-13H2,1H3/t16-,21-/m0/s1. The summed E-state index contributed by atoms with van der Waals surface area (Å²) in [4.78, 5) is 21.6. The molecule has 2 saturated heterocycles. The molecule has 29 heavy (non-hydrogen) atoms. The third kappa shape index (κ3) is 3.13. The first-order valence-electron chi connectivity index (χ1n) is 9.65. The summed E-state index contributed by atoms with van der Waals surface area (Å²) >= 11 is 0. The quantitative estimate of drug-likeness (QED) is 0.677. The number of carbonyl (C=O) groups is 1. The van der Waals surface area contributed by atoms with Crippen molar-refractivity contribution in [1.82, 2.24) is 19.9 Å². The van der Waals surface area contributed by atoms with Crippen LogP contribution in [0.25, 0.3) is 11.4 Å². The number of nitrogens with zero attached hydrogens (tertiary/aromatic N) is 4. The zero-order valence-electron chi connectivity index (χ0n) is 16.0. The summed E-state index contributed by atoms with van der Waals surface area (Å²) in [5.41, 5.74) is 0.560. The highest BCUT2D eigenvalue weighted by Gasteiger charge is 2.54. The van der Waals surface area contributed by atoms with Crippen LogP contribution in [0.1, 0.15) is 28.8 Å². The zero-order valence-corrected chi connectivity index (χ0v) is 16.0. The predicted octanol–water partition coefficient (Wildman–Crippen LogP) is 3.03. The summed E-state index contributed by atoms with van der Waals surface area (Å²) in [7, 11) is 2.08. The van der Waals surface area contributed by atoms with Crippen molar-refractivity contribution in [3.8, 4) is 11.4 Å². The SMILES string of the molecule is CN1CC[C@]2(C1)CN(C(=O)c1ccco1)C[C@H]2c1nc(-c2ccc(F)cc2)no1. The van der Waals surface area contributed by atoms with Crippen molar-refractivity contribution in [1.29, 1.82) is 0 Å². The summed E-state index contributed by atoms with van der Waals surface area (Å²) in [6, 6.07) is 9.40. The van der Waals surface area contributed by atoms with Gasteiger partial charge >= 0.3 is 0 Å². The molecule has 150 valence electrons. The molecule has 1 spiro atoms. The lowest BCUT2D eigenvalue weighted by Crippen LogP contribution is -2.34. The fraction of sp³-hybridized carbons (Fsp3) is 0.381. The number of hydrogen-bond donors (Lipinski definition) is 0. The van der Waals surface area contributed by atoms with Crippen LogP contribution in [-0.4, -0.2) is 59.1 Å². The Morgan fingerprint density at radius 3 is 2.76 bits per heavy atom. The van der Waals surface area contributed by atoms with Crippen molar-refractivity contribution in [3.63, 3.8) is 0 Å². The summed E-state index contributed by atoms with van der Waals surface area (Å²) in [5.74, 6) is 0.794. The topological polar surface area (TPSA) is 75.6 Å². The molecule has 2 aliphatic rings. The molecule has 2 aliphatic heterocycles. The Balaban J connectivity index is 1.46. The fourth-order valence-corrected chi connectivity index (χ4v) is 4.64. The molecule has 4 heterocycles. The van der Waals surface area contributed by atoms with Gasteiger partial charge in [-0.2, -0.15) is 4.98 Å². The average Bonchev–Trinajstić information content (AvgIpc) is 3.50. The molecule has 0 radical (unpaired) electrons. The van der Waals surface area contributed by atoms with E-state index in [-0.39, 0.29) is 23.1 Å². The summed E-state index contributed by atoms with van der Waals surface area (Å²) in [6.45, 7) is 2.93. The molecule has 2 atom stereocenters. The van der Waals surface area contributed by atoms with E-state index < -0.39 is 0 Å². The van der Waals surface area contributed by atoms with E-state index in [1.807, 2.05) is 4.90 Å². The van der Waals surface area contributed by atoms with Crippen LogP contribution in [0.3, 0.4) is 0 Å². The van der Waals surface area contributed by atoms with Gasteiger partial charge in [-0.3, -0.25) is 4.79 Å². The Morgan fingerprint density at radius 1 is 1.24 bits per heavy atom. The first-order valence-corrected chi connectivity index (χ1v) is 9.65. The molecular formula is C21H21FN4O3. The molecule has 7 nitrogen and oxygen atoms in total. The molecule has 0 bridgehead atoms. The maximum Gasteiger partial charge on any atom is 0.289 e. The van der Waals surface area contributed by atoms with Crippen LogP contribution < -0.4 is 0 Å². The van der Waals surface area contributed by atoms with E-state index in [1.54, 1.807) is 24.3 Å². The highest BCUT2D eigenvalue weighted by atomic mass is 19.1. The average molecular weight is 396 g/mol. The minimum absolute atomic E-state index is 0.0620. The van der Waals surface area contributed by atoms with Crippen LogP contribution in [0.4, 0.5) is 4.39 Å². The molecule has 2 fully saturated rings. The van der Waals surface area contributed by atoms with E-state index >= 15 is 0 Å². The van der Waals surface area contributed by atoms with Crippen LogP contribution in [0, 0.1) is 11.2 Å². The second kappa shape index (κ2) is 6.81. The first-order chi connectivity index (χ1) is 14.0. The molecule has 8 heteroatoms. The maximum absolute atomic E-state index is 13.2. The number of benzene rings is 1. The highest BCUT2D eigenvalue weighted by molar-refractivity contribution is 5.91. The van der Waals surface area contributed by atoms with Gasteiger partial charge in [-0.1, -0.05) is 5.16 Å². The maximum atomic E-state index is 13.2. The lowest BCUT2D eigenvalue weighted by atomic mass is 9.77. The van der Waals surface area contributed by atoms with E-state index in [2.05, 4.69) is 22.1 Å². The second-order valence-electron chi connectivity index (χ2n) is 8.03. The van der Waals surface area contributed by atoms with E-state index in [0.29, 0.717) is 36.1 Å². The van der Waals surface area contributed by atoms with Gasteiger partial charge in [0.15, 0.2) is 5.76 Å². The summed E-state index contributed by atoms with van der Waals surface area (Å²) in [6.07, 6.45) is 2.46. The van der Waals surface area contributed by atoms with Gasteiger partial charge in [0.25, 0.3) is 5.91 Å². The molecular weight excluding hydrogens is 375 g/mol. The van der Waals surface area contributed by atoms with E-state index in [4.69, 9.17) is 8.94 Å². The Labute approximate surface area is 167 Å². The third-order valence-electron chi connectivity index (χ3n) is 6.09. The molecule has 0 unspecified atom stereocenters. The van der Waals surface area contributed by atoms with Crippen molar-refractivity contribution < 1.29 is 18.1 Å². The van der Waals surface area contributed by atoms with Gasteiger partial charge in [0.05, 0.1) is 12.2 Å². The molecule has 5 rings (SSSR count). The van der Waals surface area contributed by atoms with Gasteiger partial charge < -0.3 is 18.7 Å². The Bertz CT molecular complexity index is 1020. The van der Waals surface area contributed by atoms with Gasteiger partial charge in [-0.25, -0.2) is 4.39 Å². The predicted molar refractivity (Wildman–Crippen MR) is 102 cm³/mol. The Morgan fingerprint density at radius 2 is 2.07 bits per heavy atom. The third-order valence-corrected chi connectivity index (χ3v) is 6.09. The van der Waals surface area contributed by atoms with Crippen LogP contribution in [-0.2, 0) is 0 Å². The molecule has 2 aromatic heterocycles. The van der Waals surface area contributed by atoms with Gasteiger partial charge in [0.1, 0.15) is 5.82 Å². The second-order valence-corrected chi connectivity index (χ2v) is 8.03. The Kier molecular flexibility index (Phi) is 4.24. The van der Waals surface area contributed by atoms with E-state index in [0.717, 1.165) is 19.5 Å². The smallest absolute Gasteiger partial charge is 0.289 e. The molecule has 3 aromatic rings. The van der Waals surface area contributed by atoms with Crippen LogP contribution in [0.5, 0.6) is 0 Å². The van der Waals surface area contributed by atoms with Crippen molar-refractivity contribution in [2.24, 2.45) is 5.41 Å². The summed E-state index contributed by atoms with van der Waals surface area (Å²) < 4.78 is 24.2. The molecule has 1 aromatic carbocycles. The normalized spacial score (nSPS) is 24.6. The summed E-state index contributed by atoms with van der Waals surface area (Å²) in [5, 5.41) is 4.11. The number of aromatic nitrogens is 2. The molecule has 0 N–H and O–H groups in total. The number of amides is 1. The van der Waals surface area contributed by atoms with Gasteiger partial charge in [0, 0.05) is 30.6 Å². The minimum Gasteiger partial charge on any atom is -0.459 e. The molecule has 0 aliphatic carbocycles. The Hall–Kier alpha value is -3.00. The van der Waals surface area contributed by atoms with Crippen LogP contribution in [0.15, 0.2) is 51.6 Å². The number of halogens is 1. The number of rotatable bonds is 3. The lowest BCUT2D eigenvalue weighted by molar-refractivity contribution is 0.0742. The molecule has 0 saturated carbocycles. The first kappa shape index (κ1) is 18.1. The van der Waals surface area contributed by atoms with Crippen molar-refractivity contribution >= 4 is 5.91 Å². The molecule has 1 amide bonds. The van der Waals surface area contributed by atoms with Crippen LogP contribution >= 0.6 is 0 Å². The minimum atomic E-state index is -0.312. The van der Waals surface area contributed by atoms with Gasteiger partial charge in [0.2, 0.25) is 11.7 Å². The number of carbonyl (C=O) groups excluding carboxylic acids is 1. The van der Waals surface area contributed by atoms with E-state index in [1.165, 1.54) is 18.4 Å². The van der Waals surface area contributed by atoms with Crippen LogP contribution in [0.2, 0.25) is 0 Å². The number of likely N-dealkylation sites (tertiary alicyclic amines) is 2. The zero-order chi connectivity index (χ0) is 20.0. The number of furan rings is 1. The van der Waals surface area contributed by atoms with Gasteiger partial charge in [-0.15, -0.1) is 0 Å². The fourth-order valence-electron chi connectivity index (χ4n) is 4.64. The monoisotopic (exact) mass is 396 g/mol. The van der Waals surface area contributed by atoms with Crippen molar-refractivity contribution in [3.05, 3.63) is 60.1 Å². The van der Waals surface area contributed by atoms with Crippen molar-refractivity contribution in [2.75, 3.05) is 33.2 Å². The van der Waals surface area contributed by atoms with Gasteiger partial charge in [-0.05, 0) is 56.4 Å².